The predicted molar refractivity (Wildman–Crippen MR) is 59.9 cm³/mol. The molecule has 1 heterocycles. The molecule has 74 valence electrons. The van der Waals surface area contributed by atoms with Crippen LogP contribution in [0.5, 0.6) is 0 Å². The van der Waals surface area contributed by atoms with Gasteiger partial charge in [-0.05, 0) is 24.5 Å². The molecule has 0 amide bonds. The summed E-state index contributed by atoms with van der Waals surface area (Å²) < 4.78 is 0. The monoisotopic (exact) mass is 188 g/mol. The summed E-state index contributed by atoms with van der Waals surface area (Å²) >= 11 is 0. The van der Waals surface area contributed by atoms with Crippen LogP contribution in [0.25, 0.3) is 11.6 Å². The molecule has 2 nitrogen and oxygen atoms in total. The van der Waals surface area contributed by atoms with Crippen LogP contribution in [0, 0.1) is 5.92 Å². The molecular weight excluding hydrogens is 172 g/mol. The third kappa shape index (κ3) is 2.52. The van der Waals surface area contributed by atoms with Crippen LogP contribution in [0.4, 0.5) is 0 Å². The molecule has 2 heteroatoms. The zero-order chi connectivity index (χ0) is 10.6. The van der Waals surface area contributed by atoms with E-state index in [1.165, 1.54) is 0 Å². The number of rotatable bonds is 2. The summed E-state index contributed by atoms with van der Waals surface area (Å²) in [5.74, 6) is 0.475. The van der Waals surface area contributed by atoms with Gasteiger partial charge >= 0.3 is 0 Å². The Morgan fingerprint density at radius 3 is 2.79 bits per heavy atom. The average Bonchev–Trinajstić information content (AvgIpc) is 2.16. The Bertz CT molecular complexity index is 430. The molecule has 14 heavy (non-hydrogen) atoms. The predicted octanol–water partition coefficient (Wildman–Crippen LogP) is 1.27. The molecule has 0 aromatic carbocycles. The zero-order valence-electron chi connectivity index (χ0n) is 8.99. The van der Waals surface area contributed by atoms with Crippen LogP contribution in [0.15, 0.2) is 24.9 Å². The average molecular weight is 188 g/mol. The van der Waals surface area contributed by atoms with Crippen LogP contribution in [-0.4, -0.2) is 10.2 Å². The summed E-state index contributed by atoms with van der Waals surface area (Å²) in [6, 6.07) is 1.97. The van der Waals surface area contributed by atoms with Crippen molar-refractivity contribution in [3.05, 3.63) is 35.5 Å². The Morgan fingerprint density at radius 1 is 1.50 bits per heavy atom. The van der Waals surface area contributed by atoms with E-state index in [2.05, 4.69) is 36.7 Å². The molecule has 0 aliphatic rings. The molecule has 0 saturated heterocycles. The minimum absolute atomic E-state index is 0.475. The van der Waals surface area contributed by atoms with E-state index >= 15 is 0 Å². The van der Waals surface area contributed by atoms with E-state index in [0.717, 1.165) is 16.1 Å². The topological polar surface area (TPSA) is 25.8 Å². The first-order valence-electron chi connectivity index (χ1n) is 4.78. The number of allylic oxidation sites excluding steroid dienone is 1. The Hall–Kier alpha value is -1.44. The molecule has 0 fully saturated rings. The molecule has 0 spiro atoms. The van der Waals surface area contributed by atoms with E-state index in [1.54, 1.807) is 6.20 Å². The number of hydrogen-bond acceptors (Lipinski definition) is 2. The van der Waals surface area contributed by atoms with Gasteiger partial charge in [0.15, 0.2) is 0 Å². The fraction of sp³-hybridized carbons (Fsp3) is 0.333. The zero-order valence-corrected chi connectivity index (χ0v) is 8.99. The van der Waals surface area contributed by atoms with Gasteiger partial charge in [-0.1, -0.05) is 32.6 Å². The van der Waals surface area contributed by atoms with Crippen molar-refractivity contribution in [3.8, 4) is 0 Å². The van der Waals surface area contributed by atoms with Crippen LogP contribution in [-0.2, 0) is 0 Å². The van der Waals surface area contributed by atoms with E-state index in [1.807, 2.05) is 19.1 Å². The van der Waals surface area contributed by atoms with Crippen molar-refractivity contribution in [2.75, 3.05) is 0 Å². The molecule has 0 aliphatic carbocycles. The summed E-state index contributed by atoms with van der Waals surface area (Å²) in [5, 5.41) is 10.1. The Kier molecular flexibility index (Phi) is 3.57. The lowest BCUT2D eigenvalue weighted by Gasteiger charge is -1.95. The summed E-state index contributed by atoms with van der Waals surface area (Å²) in [6.45, 7) is 10.0. The van der Waals surface area contributed by atoms with Crippen LogP contribution >= 0.6 is 0 Å². The highest BCUT2D eigenvalue weighted by atomic mass is 15.1. The van der Waals surface area contributed by atoms with E-state index in [4.69, 9.17) is 0 Å². The van der Waals surface area contributed by atoms with Gasteiger partial charge in [-0.2, -0.15) is 10.2 Å². The van der Waals surface area contributed by atoms with Crippen LogP contribution < -0.4 is 10.6 Å². The third-order valence-corrected chi connectivity index (χ3v) is 1.97. The van der Waals surface area contributed by atoms with Gasteiger partial charge in [-0.3, -0.25) is 0 Å². The molecule has 1 rings (SSSR count). The highest BCUT2D eigenvalue weighted by Crippen LogP contribution is 1.91. The molecular formula is C12H16N2. The van der Waals surface area contributed by atoms with Crippen molar-refractivity contribution in [1.82, 2.24) is 10.2 Å². The highest BCUT2D eigenvalue weighted by Gasteiger charge is 1.92. The Morgan fingerprint density at radius 2 is 2.21 bits per heavy atom. The third-order valence-electron chi connectivity index (χ3n) is 1.97. The lowest BCUT2D eigenvalue weighted by atomic mass is 10.1. The molecule has 0 unspecified atom stereocenters. The van der Waals surface area contributed by atoms with Gasteiger partial charge in [0.25, 0.3) is 0 Å². The normalized spacial score (nSPS) is 14.4. The van der Waals surface area contributed by atoms with E-state index in [-0.39, 0.29) is 0 Å². The molecule has 1 aromatic rings. The fourth-order valence-electron chi connectivity index (χ4n) is 1.22. The first-order chi connectivity index (χ1) is 6.65. The maximum atomic E-state index is 4.11. The minimum Gasteiger partial charge on any atom is -0.159 e. The van der Waals surface area contributed by atoms with Gasteiger partial charge in [0, 0.05) is 5.22 Å². The number of aromatic nitrogens is 2. The minimum atomic E-state index is 0.475. The fourth-order valence-corrected chi connectivity index (χ4v) is 1.22. The van der Waals surface area contributed by atoms with Gasteiger partial charge in [0.05, 0.1) is 11.5 Å². The van der Waals surface area contributed by atoms with Crippen molar-refractivity contribution in [2.45, 2.75) is 20.8 Å². The van der Waals surface area contributed by atoms with E-state index < -0.39 is 0 Å². The molecule has 0 atom stereocenters. The molecule has 1 aromatic heterocycles. The number of hydrogen-bond donors (Lipinski definition) is 0. The smallest absolute Gasteiger partial charge is 0.0895 e. The van der Waals surface area contributed by atoms with Gasteiger partial charge in [0.2, 0.25) is 0 Å². The first-order valence-corrected chi connectivity index (χ1v) is 4.78. The van der Waals surface area contributed by atoms with E-state index in [0.29, 0.717) is 5.92 Å². The molecule has 0 radical (unpaired) electrons. The van der Waals surface area contributed by atoms with Crippen molar-refractivity contribution in [1.29, 1.82) is 0 Å². The SMILES string of the molecule is C=C/C(C)=c1/ccnn/c1=C/C(C)C. The summed E-state index contributed by atoms with van der Waals surface area (Å²) in [6.07, 6.45) is 5.66. The van der Waals surface area contributed by atoms with Crippen molar-refractivity contribution < 1.29 is 0 Å². The highest BCUT2D eigenvalue weighted by molar-refractivity contribution is 5.53. The second-order valence-electron chi connectivity index (χ2n) is 3.63. The van der Waals surface area contributed by atoms with Crippen LogP contribution in [0.3, 0.4) is 0 Å². The quantitative estimate of drug-likeness (QED) is 0.698. The maximum absolute atomic E-state index is 4.11. The standard InChI is InChI=1S/C12H16N2/c1-5-10(4)11-6-7-13-14-12(11)8-9(2)3/h5-9H,1H2,2-4H3/b11-10-,12-8+. The Balaban J connectivity index is 3.53. The molecule has 0 N–H and O–H groups in total. The van der Waals surface area contributed by atoms with E-state index in [9.17, 15) is 0 Å². The molecule has 0 saturated carbocycles. The van der Waals surface area contributed by atoms with Gasteiger partial charge in [-0.15, -0.1) is 0 Å². The lowest BCUT2D eigenvalue weighted by Crippen LogP contribution is -2.30. The molecule has 0 aliphatic heterocycles. The second-order valence-corrected chi connectivity index (χ2v) is 3.63. The van der Waals surface area contributed by atoms with Crippen molar-refractivity contribution in [2.24, 2.45) is 5.92 Å². The Labute approximate surface area is 84.7 Å². The second kappa shape index (κ2) is 4.70. The lowest BCUT2D eigenvalue weighted by molar-refractivity contribution is 0.864. The first kappa shape index (κ1) is 10.6. The van der Waals surface area contributed by atoms with Crippen LogP contribution in [0.1, 0.15) is 20.8 Å². The van der Waals surface area contributed by atoms with Gasteiger partial charge in [-0.25, -0.2) is 0 Å². The molecule has 0 bridgehead atoms. The maximum Gasteiger partial charge on any atom is 0.0895 e. The van der Waals surface area contributed by atoms with Crippen LogP contribution in [0.2, 0.25) is 0 Å². The summed E-state index contributed by atoms with van der Waals surface area (Å²) in [4.78, 5) is 0. The van der Waals surface area contributed by atoms with Crippen molar-refractivity contribution >= 4 is 11.6 Å². The van der Waals surface area contributed by atoms with Gasteiger partial charge < -0.3 is 0 Å². The van der Waals surface area contributed by atoms with Crippen molar-refractivity contribution in [3.63, 3.8) is 0 Å². The summed E-state index contributed by atoms with van der Waals surface area (Å²) in [7, 11) is 0. The number of nitrogens with zero attached hydrogens (tertiary/aromatic N) is 2. The van der Waals surface area contributed by atoms with Gasteiger partial charge in [0.1, 0.15) is 0 Å². The summed E-state index contributed by atoms with van der Waals surface area (Å²) in [5.41, 5.74) is 1.13. The largest absolute Gasteiger partial charge is 0.159 e.